The fraction of sp³-hybridized carbons (Fsp3) is 0.471. The molecule has 1 fully saturated rings. The number of rotatable bonds is 5. The molecule has 1 saturated heterocycles. The van der Waals surface area contributed by atoms with Crippen molar-refractivity contribution in [2.24, 2.45) is 0 Å². The van der Waals surface area contributed by atoms with Crippen LogP contribution in [-0.2, 0) is 11.2 Å². The Morgan fingerprint density at radius 1 is 1.15 bits per heavy atom. The van der Waals surface area contributed by atoms with Crippen LogP contribution in [0.4, 0.5) is 0 Å². The number of carbonyl (C=O) groups is 1. The molecule has 1 N–H and O–H groups in total. The number of aryl methyl sites for hydroxylation is 1. The molecule has 0 aromatic heterocycles. The largest absolute Gasteiger partial charge is 0.345 e. The lowest BCUT2D eigenvalue weighted by Crippen LogP contribution is -2.24. The van der Waals surface area contributed by atoms with E-state index in [0.717, 1.165) is 26.1 Å². The Morgan fingerprint density at radius 3 is 2.65 bits per heavy atom. The Hall–Kier alpha value is -1.79. The zero-order chi connectivity index (χ0) is 14.0. The predicted molar refractivity (Wildman–Crippen MR) is 81.2 cm³/mol. The standard InChI is InChI=1S/C17H22N2O/c20-17(11-10-16-8-2-1-3-9-16)18-12-4-5-13-19-14-6-7-15-19/h1-3,8-9H,6-7,10-15H2,(H,18,20). The van der Waals surface area contributed by atoms with E-state index >= 15 is 0 Å². The SMILES string of the molecule is O=C(CCc1ccccc1)NCC#CCN1CCCC1. The Morgan fingerprint density at radius 2 is 1.90 bits per heavy atom. The van der Waals surface area contributed by atoms with Gasteiger partial charge in [0.05, 0.1) is 13.1 Å². The zero-order valence-electron chi connectivity index (χ0n) is 11.9. The van der Waals surface area contributed by atoms with E-state index in [2.05, 4.69) is 22.1 Å². The van der Waals surface area contributed by atoms with Crippen molar-refractivity contribution < 1.29 is 4.79 Å². The van der Waals surface area contributed by atoms with E-state index in [9.17, 15) is 4.79 Å². The average Bonchev–Trinajstić information content (AvgIpc) is 2.99. The van der Waals surface area contributed by atoms with E-state index in [0.29, 0.717) is 13.0 Å². The lowest BCUT2D eigenvalue weighted by Gasteiger charge is -2.08. The number of hydrogen-bond acceptors (Lipinski definition) is 2. The van der Waals surface area contributed by atoms with E-state index in [4.69, 9.17) is 0 Å². The summed E-state index contributed by atoms with van der Waals surface area (Å²) in [7, 11) is 0. The van der Waals surface area contributed by atoms with Gasteiger partial charge < -0.3 is 5.32 Å². The van der Waals surface area contributed by atoms with Gasteiger partial charge in [0.2, 0.25) is 5.91 Å². The summed E-state index contributed by atoms with van der Waals surface area (Å²) in [5, 5.41) is 2.85. The van der Waals surface area contributed by atoms with Crippen LogP contribution in [0.5, 0.6) is 0 Å². The molecule has 106 valence electrons. The van der Waals surface area contributed by atoms with E-state index in [1.54, 1.807) is 0 Å². The van der Waals surface area contributed by atoms with Crippen LogP contribution in [0.25, 0.3) is 0 Å². The molecule has 1 aliphatic rings. The third-order valence-electron chi connectivity index (χ3n) is 3.48. The van der Waals surface area contributed by atoms with Crippen molar-refractivity contribution in [1.82, 2.24) is 10.2 Å². The minimum atomic E-state index is 0.0734. The van der Waals surface area contributed by atoms with Gasteiger partial charge in [0.15, 0.2) is 0 Å². The maximum atomic E-state index is 11.6. The van der Waals surface area contributed by atoms with Gasteiger partial charge in [-0.25, -0.2) is 0 Å². The minimum Gasteiger partial charge on any atom is -0.345 e. The van der Waals surface area contributed by atoms with Gasteiger partial charge in [-0.1, -0.05) is 42.2 Å². The molecule has 1 aromatic carbocycles. The lowest BCUT2D eigenvalue weighted by atomic mass is 10.1. The second kappa shape index (κ2) is 8.39. The van der Waals surface area contributed by atoms with Gasteiger partial charge in [0.1, 0.15) is 0 Å². The minimum absolute atomic E-state index is 0.0734. The average molecular weight is 270 g/mol. The first-order chi connectivity index (χ1) is 9.84. The number of likely N-dealkylation sites (tertiary alicyclic amines) is 1. The number of hydrogen-bond donors (Lipinski definition) is 1. The van der Waals surface area contributed by atoms with Crippen molar-refractivity contribution in [3.05, 3.63) is 35.9 Å². The summed E-state index contributed by atoms with van der Waals surface area (Å²) in [5.74, 6) is 6.21. The van der Waals surface area contributed by atoms with Gasteiger partial charge in [-0.15, -0.1) is 0 Å². The number of amides is 1. The van der Waals surface area contributed by atoms with Crippen LogP contribution >= 0.6 is 0 Å². The Labute approximate surface area is 121 Å². The van der Waals surface area contributed by atoms with Crippen LogP contribution in [0.3, 0.4) is 0 Å². The Bertz CT molecular complexity index is 467. The van der Waals surface area contributed by atoms with Crippen molar-refractivity contribution >= 4 is 5.91 Å². The summed E-state index contributed by atoms with van der Waals surface area (Å²) in [6.07, 6.45) is 3.89. The summed E-state index contributed by atoms with van der Waals surface area (Å²) in [4.78, 5) is 14.0. The van der Waals surface area contributed by atoms with Crippen molar-refractivity contribution in [2.45, 2.75) is 25.7 Å². The highest BCUT2D eigenvalue weighted by atomic mass is 16.1. The number of benzene rings is 1. The number of carbonyl (C=O) groups excluding carboxylic acids is 1. The molecule has 1 aliphatic heterocycles. The molecule has 0 bridgehead atoms. The topological polar surface area (TPSA) is 32.3 Å². The lowest BCUT2D eigenvalue weighted by molar-refractivity contribution is -0.120. The van der Waals surface area contributed by atoms with Gasteiger partial charge in [-0.05, 0) is 37.9 Å². The van der Waals surface area contributed by atoms with Crippen LogP contribution < -0.4 is 5.32 Å². The zero-order valence-corrected chi connectivity index (χ0v) is 11.9. The van der Waals surface area contributed by atoms with Gasteiger partial charge in [0.25, 0.3) is 0 Å². The van der Waals surface area contributed by atoms with E-state index in [1.165, 1.54) is 18.4 Å². The summed E-state index contributed by atoms with van der Waals surface area (Å²) in [6.45, 7) is 3.62. The fourth-order valence-electron chi connectivity index (χ4n) is 2.30. The third-order valence-corrected chi connectivity index (χ3v) is 3.48. The quantitative estimate of drug-likeness (QED) is 0.828. The van der Waals surface area contributed by atoms with E-state index in [-0.39, 0.29) is 5.91 Å². The fourth-order valence-corrected chi connectivity index (χ4v) is 2.30. The molecule has 0 unspecified atom stereocenters. The molecular weight excluding hydrogens is 248 g/mol. The summed E-state index contributed by atoms with van der Waals surface area (Å²) >= 11 is 0. The molecular formula is C17H22N2O. The second-order valence-corrected chi connectivity index (χ2v) is 5.10. The second-order valence-electron chi connectivity index (χ2n) is 5.10. The summed E-state index contributed by atoms with van der Waals surface area (Å²) in [6, 6.07) is 10.1. The predicted octanol–water partition coefficient (Wildman–Crippen LogP) is 1.83. The molecule has 0 atom stereocenters. The van der Waals surface area contributed by atoms with Crippen molar-refractivity contribution in [3.63, 3.8) is 0 Å². The molecule has 1 aromatic rings. The number of nitrogens with one attached hydrogen (secondary N) is 1. The van der Waals surface area contributed by atoms with Gasteiger partial charge in [-0.2, -0.15) is 0 Å². The normalized spacial score (nSPS) is 14.6. The highest BCUT2D eigenvalue weighted by molar-refractivity contribution is 5.76. The van der Waals surface area contributed by atoms with E-state index < -0.39 is 0 Å². The third kappa shape index (κ3) is 5.46. The van der Waals surface area contributed by atoms with Crippen molar-refractivity contribution in [1.29, 1.82) is 0 Å². The number of nitrogens with zero attached hydrogens (tertiary/aromatic N) is 1. The monoisotopic (exact) mass is 270 g/mol. The molecule has 2 rings (SSSR count). The van der Waals surface area contributed by atoms with Gasteiger partial charge in [-0.3, -0.25) is 9.69 Å². The van der Waals surface area contributed by atoms with Crippen LogP contribution in [-0.4, -0.2) is 37.0 Å². The molecule has 3 nitrogen and oxygen atoms in total. The Balaban J connectivity index is 1.57. The molecule has 3 heteroatoms. The smallest absolute Gasteiger partial charge is 0.221 e. The van der Waals surface area contributed by atoms with Crippen LogP contribution in [0.1, 0.15) is 24.8 Å². The maximum absolute atomic E-state index is 11.6. The van der Waals surface area contributed by atoms with Crippen molar-refractivity contribution in [3.8, 4) is 11.8 Å². The first-order valence-corrected chi connectivity index (χ1v) is 7.33. The van der Waals surface area contributed by atoms with E-state index in [1.807, 2.05) is 30.3 Å². The molecule has 0 spiro atoms. The molecule has 0 aliphatic carbocycles. The highest BCUT2D eigenvalue weighted by Gasteiger charge is 2.08. The van der Waals surface area contributed by atoms with Gasteiger partial charge >= 0.3 is 0 Å². The van der Waals surface area contributed by atoms with Crippen LogP contribution in [0, 0.1) is 11.8 Å². The van der Waals surface area contributed by atoms with Crippen LogP contribution in [0.15, 0.2) is 30.3 Å². The first kappa shape index (κ1) is 14.6. The van der Waals surface area contributed by atoms with Crippen LogP contribution in [0.2, 0.25) is 0 Å². The molecule has 0 radical (unpaired) electrons. The Kier molecular flexibility index (Phi) is 6.13. The summed E-state index contributed by atoms with van der Waals surface area (Å²) in [5.41, 5.74) is 1.20. The highest BCUT2D eigenvalue weighted by Crippen LogP contribution is 2.05. The van der Waals surface area contributed by atoms with Gasteiger partial charge in [0, 0.05) is 6.42 Å². The molecule has 1 heterocycles. The first-order valence-electron chi connectivity index (χ1n) is 7.33. The molecule has 20 heavy (non-hydrogen) atoms. The van der Waals surface area contributed by atoms with Crippen molar-refractivity contribution in [2.75, 3.05) is 26.2 Å². The summed E-state index contributed by atoms with van der Waals surface area (Å²) < 4.78 is 0. The molecule has 0 saturated carbocycles. The molecule has 1 amide bonds. The maximum Gasteiger partial charge on any atom is 0.221 e.